The van der Waals surface area contributed by atoms with Crippen molar-refractivity contribution < 1.29 is 18.7 Å². The lowest BCUT2D eigenvalue weighted by molar-refractivity contribution is -0.113. The molecule has 0 spiro atoms. The number of nitrogens with one attached hydrogen (secondary N) is 1. The number of furan rings is 1. The van der Waals surface area contributed by atoms with Gasteiger partial charge >= 0.3 is 0 Å². The zero-order valence-corrected chi connectivity index (χ0v) is 17.4. The number of allylic oxidation sites excluding steroid dienone is 1. The van der Waals surface area contributed by atoms with Crippen LogP contribution in [0.15, 0.2) is 52.8 Å². The molecule has 3 rings (SSSR count). The van der Waals surface area contributed by atoms with E-state index < -0.39 is 0 Å². The van der Waals surface area contributed by atoms with E-state index in [1.54, 1.807) is 36.6 Å². The summed E-state index contributed by atoms with van der Waals surface area (Å²) in [6.45, 7) is 4.24. The molecule has 0 saturated heterocycles. The van der Waals surface area contributed by atoms with Gasteiger partial charge in [-0.25, -0.2) is 0 Å². The highest BCUT2D eigenvalue weighted by Crippen LogP contribution is 2.36. The van der Waals surface area contributed by atoms with Crippen molar-refractivity contribution in [1.29, 1.82) is 0 Å². The number of ether oxygens (including phenoxy) is 2. The first-order valence-electron chi connectivity index (χ1n) is 8.49. The largest absolute Gasteiger partial charge is 0.495 e. The Kier molecular flexibility index (Phi) is 6.84. The van der Waals surface area contributed by atoms with Crippen LogP contribution >= 0.6 is 23.4 Å². The Morgan fingerprint density at radius 3 is 2.79 bits per heavy atom. The summed E-state index contributed by atoms with van der Waals surface area (Å²) in [5.41, 5.74) is 0.452. The summed E-state index contributed by atoms with van der Waals surface area (Å²) in [6.07, 6.45) is 3.29. The molecule has 0 aliphatic heterocycles. The second kappa shape index (κ2) is 9.53. The van der Waals surface area contributed by atoms with E-state index in [2.05, 4.69) is 22.1 Å². The Labute approximate surface area is 176 Å². The minimum Gasteiger partial charge on any atom is -0.495 e. The van der Waals surface area contributed by atoms with E-state index in [4.69, 9.17) is 25.5 Å². The number of nitrogens with zero attached hydrogens (tertiary/aromatic N) is 3. The molecule has 0 bridgehead atoms. The van der Waals surface area contributed by atoms with Gasteiger partial charge in [0, 0.05) is 12.6 Å². The smallest absolute Gasteiger partial charge is 0.234 e. The van der Waals surface area contributed by atoms with E-state index in [0.29, 0.717) is 45.5 Å². The third-order valence-corrected chi connectivity index (χ3v) is 5.11. The van der Waals surface area contributed by atoms with Crippen LogP contribution < -0.4 is 14.8 Å². The van der Waals surface area contributed by atoms with Gasteiger partial charge in [0.05, 0.1) is 36.9 Å². The van der Waals surface area contributed by atoms with E-state index in [0.717, 1.165) is 0 Å². The van der Waals surface area contributed by atoms with Gasteiger partial charge in [-0.3, -0.25) is 9.36 Å². The first-order valence-corrected chi connectivity index (χ1v) is 9.85. The van der Waals surface area contributed by atoms with Crippen LogP contribution in [0.5, 0.6) is 11.5 Å². The number of amides is 1. The summed E-state index contributed by atoms with van der Waals surface area (Å²) in [7, 11) is 3.01. The second-order valence-electron chi connectivity index (χ2n) is 5.71. The highest BCUT2D eigenvalue weighted by atomic mass is 35.5. The molecule has 3 aromatic rings. The van der Waals surface area contributed by atoms with Crippen LogP contribution in [-0.4, -0.2) is 40.6 Å². The molecule has 1 amide bonds. The average molecular weight is 435 g/mol. The van der Waals surface area contributed by atoms with Crippen LogP contribution in [-0.2, 0) is 11.3 Å². The number of aromatic nitrogens is 3. The number of methoxy groups -OCH3 is 2. The number of halogens is 1. The van der Waals surface area contributed by atoms with Crippen LogP contribution in [0.25, 0.3) is 11.6 Å². The van der Waals surface area contributed by atoms with Gasteiger partial charge in [0.15, 0.2) is 10.9 Å². The number of anilines is 1. The molecule has 0 aliphatic carbocycles. The zero-order chi connectivity index (χ0) is 20.8. The van der Waals surface area contributed by atoms with E-state index >= 15 is 0 Å². The lowest BCUT2D eigenvalue weighted by Crippen LogP contribution is -2.15. The van der Waals surface area contributed by atoms with Gasteiger partial charge in [-0.1, -0.05) is 29.4 Å². The minimum atomic E-state index is -0.248. The maximum atomic E-state index is 12.5. The number of hydrogen-bond donors (Lipinski definition) is 1. The van der Waals surface area contributed by atoms with Crippen LogP contribution in [0.2, 0.25) is 5.02 Å². The first-order chi connectivity index (χ1) is 14.1. The first kappa shape index (κ1) is 20.8. The van der Waals surface area contributed by atoms with Crippen molar-refractivity contribution in [2.24, 2.45) is 0 Å². The molecule has 152 valence electrons. The molecular formula is C19H19ClN4O4S. The number of hydrogen-bond acceptors (Lipinski definition) is 7. The molecule has 10 heteroatoms. The van der Waals surface area contributed by atoms with E-state index in [1.807, 2.05) is 4.57 Å². The average Bonchev–Trinajstić information content (AvgIpc) is 3.37. The van der Waals surface area contributed by atoms with Gasteiger partial charge in [-0.2, -0.15) is 0 Å². The highest BCUT2D eigenvalue weighted by Gasteiger charge is 2.18. The van der Waals surface area contributed by atoms with E-state index in [9.17, 15) is 4.79 Å². The lowest BCUT2D eigenvalue weighted by Gasteiger charge is -2.13. The maximum absolute atomic E-state index is 12.5. The van der Waals surface area contributed by atoms with Gasteiger partial charge in [0.2, 0.25) is 11.7 Å². The van der Waals surface area contributed by atoms with Crippen molar-refractivity contribution >= 4 is 35.0 Å². The predicted molar refractivity (Wildman–Crippen MR) is 112 cm³/mol. The number of rotatable bonds is 9. The Morgan fingerprint density at radius 2 is 2.14 bits per heavy atom. The standard InChI is InChI=1S/C19H19ClN4O4S/c1-4-7-24-18(14-6-5-8-28-14)22-23-19(24)29-11-17(25)21-13-9-12(20)15(26-2)10-16(13)27-3/h4-6,8-10H,1,7,11H2,2-3H3,(H,21,25). The number of carbonyl (C=O) groups excluding carboxylic acids is 1. The van der Waals surface area contributed by atoms with Crippen LogP contribution in [0.3, 0.4) is 0 Å². The second-order valence-corrected chi connectivity index (χ2v) is 7.06. The quantitative estimate of drug-likeness (QED) is 0.400. The molecule has 0 unspecified atom stereocenters. The summed E-state index contributed by atoms with van der Waals surface area (Å²) in [5.74, 6) is 1.93. The number of benzene rings is 1. The Balaban J connectivity index is 1.72. The molecule has 1 N–H and O–H groups in total. The monoisotopic (exact) mass is 434 g/mol. The summed E-state index contributed by atoms with van der Waals surface area (Å²) >= 11 is 7.39. The third kappa shape index (κ3) is 4.75. The molecule has 0 aliphatic rings. The fourth-order valence-electron chi connectivity index (χ4n) is 2.55. The van der Waals surface area contributed by atoms with Crippen molar-refractivity contribution in [3.8, 4) is 23.1 Å². The third-order valence-electron chi connectivity index (χ3n) is 3.85. The predicted octanol–water partition coefficient (Wildman–Crippen LogP) is 4.13. The van der Waals surface area contributed by atoms with Crippen LogP contribution in [0.1, 0.15) is 0 Å². The van der Waals surface area contributed by atoms with Crippen molar-refractivity contribution in [3.63, 3.8) is 0 Å². The number of thioether (sulfide) groups is 1. The molecule has 0 atom stereocenters. The fraction of sp³-hybridized carbons (Fsp3) is 0.211. The molecule has 2 aromatic heterocycles. The van der Waals surface area contributed by atoms with E-state index in [1.165, 1.54) is 26.0 Å². The number of carbonyl (C=O) groups is 1. The van der Waals surface area contributed by atoms with Gasteiger partial charge in [0.1, 0.15) is 11.5 Å². The molecule has 0 radical (unpaired) electrons. The Bertz CT molecular complexity index is 1000. The normalized spacial score (nSPS) is 10.6. The molecule has 8 nitrogen and oxygen atoms in total. The van der Waals surface area contributed by atoms with E-state index in [-0.39, 0.29) is 11.7 Å². The Morgan fingerprint density at radius 1 is 1.34 bits per heavy atom. The fourth-order valence-corrected chi connectivity index (χ4v) is 3.54. The van der Waals surface area contributed by atoms with Crippen molar-refractivity contribution in [2.75, 3.05) is 25.3 Å². The van der Waals surface area contributed by atoms with Crippen molar-refractivity contribution in [2.45, 2.75) is 11.7 Å². The van der Waals surface area contributed by atoms with Gasteiger partial charge < -0.3 is 19.2 Å². The topological polar surface area (TPSA) is 91.4 Å². The van der Waals surface area contributed by atoms with Gasteiger partial charge in [-0.15, -0.1) is 16.8 Å². The Hall–Kier alpha value is -2.91. The molecule has 0 fully saturated rings. The molecular weight excluding hydrogens is 416 g/mol. The van der Waals surface area contributed by atoms with Crippen molar-refractivity contribution in [3.05, 3.63) is 48.2 Å². The molecule has 29 heavy (non-hydrogen) atoms. The molecule has 1 aromatic carbocycles. The molecule has 2 heterocycles. The SMILES string of the molecule is C=CCn1c(SCC(=O)Nc2cc(Cl)c(OC)cc2OC)nnc1-c1ccco1. The zero-order valence-electron chi connectivity index (χ0n) is 15.8. The van der Waals surface area contributed by atoms with Crippen LogP contribution in [0.4, 0.5) is 5.69 Å². The lowest BCUT2D eigenvalue weighted by atomic mass is 10.2. The summed E-state index contributed by atoms with van der Waals surface area (Å²) in [4.78, 5) is 12.5. The summed E-state index contributed by atoms with van der Waals surface area (Å²) in [5, 5.41) is 12.1. The highest BCUT2D eigenvalue weighted by molar-refractivity contribution is 7.99. The van der Waals surface area contributed by atoms with Crippen LogP contribution in [0, 0.1) is 0 Å². The molecule has 0 saturated carbocycles. The van der Waals surface area contributed by atoms with Crippen molar-refractivity contribution in [1.82, 2.24) is 14.8 Å². The van der Waals surface area contributed by atoms with Gasteiger partial charge in [0.25, 0.3) is 0 Å². The minimum absolute atomic E-state index is 0.111. The van der Waals surface area contributed by atoms with Gasteiger partial charge in [-0.05, 0) is 18.2 Å². The maximum Gasteiger partial charge on any atom is 0.234 e. The summed E-state index contributed by atoms with van der Waals surface area (Å²) in [6, 6.07) is 6.76. The summed E-state index contributed by atoms with van der Waals surface area (Å²) < 4.78 is 17.7.